The lowest BCUT2D eigenvalue weighted by atomic mass is 10.0. The number of benzene rings is 15. The number of hydrogen-bond acceptors (Lipinski definition) is 12. The first-order chi connectivity index (χ1) is 61.0. The summed E-state index contributed by atoms with van der Waals surface area (Å²) in [6, 6.07) is 127. The molecule has 576 valence electrons. The quantitative estimate of drug-likeness (QED) is 0.119. The molecule has 0 aliphatic rings. The summed E-state index contributed by atoms with van der Waals surface area (Å²) in [4.78, 5) is 33.4. The molecule has 0 amide bonds. The summed E-state index contributed by atoms with van der Waals surface area (Å²) >= 11 is 0. The molecule has 16 heteroatoms. The molecular formula is C107H65N13O3. The maximum Gasteiger partial charge on any atom is 0.227 e. The Morgan fingerprint density at radius 1 is 0.211 bits per heavy atom. The second-order valence-electron chi connectivity index (χ2n) is 30.5. The summed E-state index contributed by atoms with van der Waals surface area (Å²) in [6.45, 7) is 0. The molecule has 15 aromatic carbocycles. The second kappa shape index (κ2) is 28.9. The van der Waals surface area contributed by atoms with Crippen molar-refractivity contribution in [3.05, 3.63) is 395 Å². The van der Waals surface area contributed by atoms with Crippen LogP contribution in [0.4, 0.5) is 0 Å². The Morgan fingerprint density at radius 3 is 1.01 bits per heavy atom. The van der Waals surface area contributed by atoms with Crippen molar-refractivity contribution in [2.24, 2.45) is 0 Å². The Kier molecular flexibility index (Phi) is 16.5. The first kappa shape index (κ1) is 70.1. The van der Waals surface area contributed by atoms with Gasteiger partial charge in [-0.2, -0.15) is 0 Å². The van der Waals surface area contributed by atoms with Gasteiger partial charge in [-0.25, -0.2) is 15.0 Å². The number of para-hydroxylation sites is 3. The molecule has 11 aromatic heterocycles. The van der Waals surface area contributed by atoms with Crippen LogP contribution in [-0.2, 0) is 0 Å². The number of nitrogens with zero attached hydrogens (tertiary/aromatic N) is 13. The molecule has 16 nitrogen and oxygen atoms in total. The minimum atomic E-state index is 0.617. The zero-order valence-electron chi connectivity index (χ0n) is 65.6. The van der Waals surface area contributed by atoms with E-state index in [4.69, 9.17) is 38.2 Å². The summed E-state index contributed by atoms with van der Waals surface area (Å²) in [7, 11) is 0. The predicted molar refractivity (Wildman–Crippen MR) is 494 cm³/mol. The molecular weight excluding hydrogens is 1520 g/mol. The second-order valence-corrected chi connectivity index (χ2v) is 30.5. The van der Waals surface area contributed by atoms with Crippen molar-refractivity contribution in [1.29, 1.82) is 0 Å². The van der Waals surface area contributed by atoms with Crippen LogP contribution >= 0.6 is 0 Å². The van der Waals surface area contributed by atoms with Gasteiger partial charge in [0, 0.05) is 101 Å². The van der Waals surface area contributed by atoms with Crippen molar-refractivity contribution in [3.8, 4) is 91.0 Å². The average Bonchev–Trinajstić information content (AvgIpc) is 1.58. The van der Waals surface area contributed by atoms with Crippen molar-refractivity contribution in [2.45, 2.75) is 0 Å². The standard InChI is InChI=1S/C39H25N5O.C37H22N4O.C31H18N4O/c1-4-13-26(14-5-1)37-41-42-38(27-15-6-2-7-16-27)44(37)30-20-12-19-29(25-30)43-33-22-11-10-21-31(33)35-34(43)24-23-32-36(35)45-39(40-32)28-17-8-3-9-18-28;1-2-8-24(9-3-1)37-40-30-17-18-32-33(36(30)42-37)29-13-4-5-14-31(29)41(32)28-12-6-10-25(21-28)27-20-26-16-15-23-11-7-19-38-34(23)35(26)39-22-27;1-2-7-20(8-3-1)31-34-24-14-15-26-27(30(24)36-31)23-10-4-5-11-25(23)35(26)22-17-21-13-12-19-9-6-16-32-28(19)29(21)33-18-22/h1-25H;1-22H;1-18H. The molecule has 0 spiro atoms. The van der Waals surface area contributed by atoms with E-state index in [2.05, 4.69) is 257 Å². The number of rotatable bonds is 10. The van der Waals surface area contributed by atoms with E-state index in [1.807, 2.05) is 176 Å². The van der Waals surface area contributed by atoms with Crippen LogP contribution in [0.3, 0.4) is 0 Å². The first-order valence-corrected chi connectivity index (χ1v) is 40.7. The van der Waals surface area contributed by atoms with E-state index in [-0.39, 0.29) is 0 Å². The van der Waals surface area contributed by atoms with Crippen molar-refractivity contribution >= 4 is 142 Å². The predicted octanol–water partition coefficient (Wildman–Crippen LogP) is 26.6. The molecule has 11 heterocycles. The van der Waals surface area contributed by atoms with E-state index in [1.54, 1.807) is 0 Å². The third-order valence-corrected chi connectivity index (χ3v) is 23.2. The van der Waals surface area contributed by atoms with Crippen molar-refractivity contribution in [1.82, 2.24) is 63.4 Å². The number of pyridine rings is 4. The van der Waals surface area contributed by atoms with Gasteiger partial charge in [0.1, 0.15) is 16.6 Å². The number of aromatic nitrogens is 13. The van der Waals surface area contributed by atoms with Gasteiger partial charge in [0.2, 0.25) is 17.7 Å². The van der Waals surface area contributed by atoms with Crippen molar-refractivity contribution in [3.63, 3.8) is 0 Å². The van der Waals surface area contributed by atoms with Crippen LogP contribution in [0.1, 0.15) is 0 Å². The van der Waals surface area contributed by atoms with Crippen LogP contribution in [0.5, 0.6) is 0 Å². The molecule has 0 fully saturated rings. The van der Waals surface area contributed by atoms with Crippen LogP contribution in [0.25, 0.3) is 233 Å². The largest absolute Gasteiger partial charge is 0.435 e. The molecule has 0 saturated heterocycles. The Balaban J connectivity index is 0.000000105. The summed E-state index contributed by atoms with van der Waals surface area (Å²) < 4.78 is 28.3. The molecule has 0 saturated carbocycles. The normalized spacial score (nSPS) is 11.7. The highest BCUT2D eigenvalue weighted by molar-refractivity contribution is 6.22. The lowest BCUT2D eigenvalue weighted by molar-refractivity contribution is 0.622. The Hall–Kier alpha value is -17.1. The molecule has 0 N–H and O–H groups in total. The zero-order valence-corrected chi connectivity index (χ0v) is 65.6. The van der Waals surface area contributed by atoms with Crippen LogP contribution in [0, 0.1) is 0 Å². The summed E-state index contributed by atoms with van der Waals surface area (Å²) in [5.74, 6) is 3.44. The average molecular weight is 1580 g/mol. The maximum atomic E-state index is 6.49. The Bertz CT molecular complexity index is 8590. The van der Waals surface area contributed by atoms with Gasteiger partial charge in [-0.3, -0.25) is 24.5 Å². The van der Waals surface area contributed by atoms with Crippen molar-refractivity contribution in [2.75, 3.05) is 0 Å². The van der Waals surface area contributed by atoms with E-state index in [1.165, 1.54) is 0 Å². The molecule has 26 aromatic rings. The molecule has 0 radical (unpaired) electrons. The fraction of sp³-hybridized carbons (Fsp3) is 0. The molecule has 0 aliphatic heterocycles. The molecule has 26 rings (SSSR count). The fourth-order valence-electron chi connectivity index (χ4n) is 17.7. The van der Waals surface area contributed by atoms with Gasteiger partial charge in [-0.05, 0) is 151 Å². The van der Waals surface area contributed by atoms with E-state index >= 15 is 0 Å². The van der Waals surface area contributed by atoms with E-state index in [0.717, 1.165) is 216 Å². The third-order valence-electron chi connectivity index (χ3n) is 23.2. The van der Waals surface area contributed by atoms with Gasteiger partial charge in [-0.15, -0.1) is 10.2 Å². The monoisotopic (exact) mass is 1580 g/mol. The topological polar surface area (TPSA) is 175 Å². The number of hydrogen-bond donors (Lipinski definition) is 0. The van der Waals surface area contributed by atoms with Gasteiger partial charge >= 0.3 is 0 Å². The lowest BCUT2D eigenvalue weighted by Crippen LogP contribution is -2.02. The van der Waals surface area contributed by atoms with Gasteiger partial charge in [0.25, 0.3) is 0 Å². The highest BCUT2D eigenvalue weighted by Gasteiger charge is 2.26. The SMILES string of the molecule is c1ccc(-c2nc3ccc4c(c5ccccc5n4-c4cccc(-c5cnc6c(ccc7cccnc76)c5)c4)c3o2)cc1.c1ccc(-c2nc3ccc4c(c5ccccc5n4-c4cccc(-n5c(-c6ccccc6)nnc5-c5ccccc5)c4)c3o2)cc1.c1ccc(-c2nc3ccc4c(c5ccccc5n4-c4cnc5c(ccc6cccnc65)c4)c3o2)cc1. The maximum absolute atomic E-state index is 6.49. The Morgan fingerprint density at radius 2 is 0.561 bits per heavy atom. The molecule has 0 aliphatic carbocycles. The van der Waals surface area contributed by atoms with E-state index in [9.17, 15) is 0 Å². The van der Waals surface area contributed by atoms with Crippen LogP contribution in [-0.4, -0.2) is 63.4 Å². The summed E-state index contributed by atoms with van der Waals surface area (Å²) in [5, 5.41) is 20.2. The summed E-state index contributed by atoms with van der Waals surface area (Å²) in [5.41, 5.74) is 26.1. The smallest absolute Gasteiger partial charge is 0.227 e. The first-order valence-electron chi connectivity index (χ1n) is 40.7. The highest BCUT2D eigenvalue weighted by Crippen LogP contribution is 2.44. The zero-order chi connectivity index (χ0) is 81.0. The fourth-order valence-corrected chi connectivity index (χ4v) is 17.7. The van der Waals surface area contributed by atoms with Crippen LogP contribution < -0.4 is 0 Å². The van der Waals surface area contributed by atoms with Crippen LogP contribution in [0.2, 0.25) is 0 Å². The van der Waals surface area contributed by atoms with Gasteiger partial charge in [0.15, 0.2) is 28.4 Å². The number of fused-ring (bicyclic) bond motifs is 21. The molecule has 0 atom stereocenters. The Labute approximate surface area is 700 Å². The lowest BCUT2D eigenvalue weighted by Gasteiger charge is -2.14. The van der Waals surface area contributed by atoms with E-state index < -0.39 is 0 Å². The minimum Gasteiger partial charge on any atom is -0.435 e. The molecule has 0 bridgehead atoms. The van der Waals surface area contributed by atoms with Crippen LogP contribution in [0.15, 0.2) is 408 Å². The molecule has 0 unspecified atom stereocenters. The van der Waals surface area contributed by atoms with Crippen molar-refractivity contribution < 1.29 is 13.3 Å². The van der Waals surface area contributed by atoms with Gasteiger partial charge in [-0.1, -0.05) is 224 Å². The third kappa shape index (κ3) is 11.9. The number of oxazole rings is 3. The molecule has 123 heavy (non-hydrogen) atoms. The van der Waals surface area contributed by atoms with Gasteiger partial charge in [0.05, 0.1) is 88.9 Å². The minimum absolute atomic E-state index is 0.617. The van der Waals surface area contributed by atoms with E-state index in [0.29, 0.717) is 17.7 Å². The summed E-state index contributed by atoms with van der Waals surface area (Å²) in [6.07, 6.45) is 7.52. The highest BCUT2D eigenvalue weighted by atomic mass is 16.4. The van der Waals surface area contributed by atoms with Gasteiger partial charge < -0.3 is 27.0 Å².